The molecular weight excluding hydrogens is 332 g/mol. The van der Waals surface area contributed by atoms with Crippen LogP contribution in [-0.2, 0) is 13.6 Å². The van der Waals surface area contributed by atoms with E-state index in [-0.39, 0.29) is 0 Å². The SMILES string of the molecule is CCNC(=NCc1nnc(C)n1C)NCC1(Sc2ccccc2)CC1. The van der Waals surface area contributed by atoms with E-state index in [2.05, 4.69) is 63.1 Å². The number of hydrogen-bond acceptors (Lipinski definition) is 4. The summed E-state index contributed by atoms with van der Waals surface area (Å²) in [6.45, 7) is 6.29. The first-order valence-corrected chi connectivity index (χ1v) is 9.55. The van der Waals surface area contributed by atoms with Gasteiger partial charge in [0.2, 0.25) is 0 Å². The lowest BCUT2D eigenvalue weighted by Gasteiger charge is -2.18. The van der Waals surface area contributed by atoms with Crippen molar-refractivity contribution in [2.45, 2.75) is 42.9 Å². The number of aryl methyl sites for hydroxylation is 1. The van der Waals surface area contributed by atoms with Gasteiger partial charge in [-0.05, 0) is 38.8 Å². The highest BCUT2D eigenvalue weighted by molar-refractivity contribution is 8.01. The van der Waals surface area contributed by atoms with Gasteiger partial charge in [0.25, 0.3) is 0 Å². The fourth-order valence-corrected chi connectivity index (χ4v) is 3.76. The van der Waals surface area contributed by atoms with Crippen molar-refractivity contribution in [3.8, 4) is 0 Å². The number of benzene rings is 1. The molecule has 0 aliphatic heterocycles. The van der Waals surface area contributed by atoms with E-state index in [4.69, 9.17) is 0 Å². The van der Waals surface area contributed by atoms with E-state index < -0.39 is 0 Å². The minimum atomic E-state index is 0.291. The average molecular weight is 359 g/mol. The Morgan fingerprint density at radius 3 is 2.60 bits per heavy atom. The first-order valence-electron chi connectivity index (χ1n) is 8.73. The van der Waals surface area contributed by atoms with Gasteiger partial charge in [-0.1, -0.05) is 18.2 Å². The van der Waals surface area contributed by atoms with Crippen molar-refractivity contribution in [3.05, 3.63) is 42.0 Å². The van der Waals surface area contributed by atoms with Gasteiger partial charge in [-0.3, -0.25) is 0 Å². The molecule has 25 heavy (non-hydrogen) atoms. The number of hydrogen-bond donors (Lipinski definition) is 2. The molecule has 1 aromatic heterocycles. The molecule has 1 heterocycles. The molecule has 0 saturated heterocycles. The second kappa shape index (κ2) is 7.91. The van der Waals surface area contributed by atoms with E-state index in [1.807, 2.05) is 30.3 Å². The molecule has 2 N–H and O–H groups in total. The van der Waals surface area contributed by atoms with Gasteiger partial charge in [-0.15, -0.1) is 22.0 Å². The summed E-state index contributed by atoms with van der Waals surface area (Å²) in [6, 6.07) is 10.6. The maximum Gasteiger partial charge on any atom is 0.191 e. The van der Waals surface area contributed by atoms with Crippen LogP contribution in [0, 0.1) is 6.92 Å². The summed E-state index contributed by atoms with van der Waals surface area (Å²) in [5.41, 5.74) is 0. The molecule has 1 aliphatic rings. The molecule has 1 aromatic carbocycles. The molecule has 1 saturated carbocycles. The van der Waals surface area contributed by atoms with Crippen LogP contribution in [0.15, 0.2) is 40.2 Å². The van der Waals surface area contributed by atoms with Gasteiger partial charge < -0.3 is 15.2 Å². The van der Waals surface area contributed by atoms with E-state index in [1.165, 1.54) is 17.7 Å². The van der Waals surface area contributed by atoms with E-state index in [0.29, 0.717) is 11.3 Å². The van der Waals surface area contributed by atoms with Crippen molar-refractivity contribution >= 4 is 17.7 Å². The van der Waals surface area contributed by atoms with Crippen molar-refractivity contribution in [3.63, 3.8) is 0 Å². The van der Waals surface area contributed by atoms with Crippen LogP contribution in [0.2, 0.25) is 0 Å². The molecule has 7 heteroatoms. The summed E-state index contributed by atoms with van der Waals surface area (Å²) in [7, 11) is 1.97. The zero-order valence-corrected chi connectivity index (χ0v) is 15.9. The van der Waals surface area contributed by atoms with Crippen LogP contribution in [0.1, 0.15) is 31.4 Å². The lowest BCUT2D eigenvalue weighted by Crippen LogP contribution is -2.41. The highest BCUT2D eigenvalue weighted by atomic mass is 32.2. The van der Waals surface area contributed by atoms with Gasteiger partial charge in [0, 0.05) is 29.8 Å². The van der Waals surface area contributed by atoms with Crippen molar-refractivity contribution < 1.29 is 0 Å². The number of nitrogens with one attached hydrogen (secondary N) is 2. The largest absolute Gasteiger partial charge is 0.357 e. The second-order valence-electron chi connectivity index (χ2n) is 6.37. The Labute approximate surface area is 153 Å². The molecule has 1 aliphatic carbocycles. The van der Waals surface area contributed by atoms with Crippen molar-refractivity contribution in [1.82, 2.24) is 25.4 Å². The molecular formula is C18H26N6S. The Balaban J connectivity index is 1.58. The minimum absolute atomic E-state index is 0.291. The predicted octanol–water partition coefficient (Wildman–Crippen LogP) is 2.50. The summed E-state index contributed by atoms with van der Waals surface area (Å²) in [5, 5.41) is 15.1. The Morgan fingerprint density at radius 2 is 2.00 bits per heavy atom. The molecule has 0 amide bonds. The molecule has 2 aromatic rings. The molecule has 0 bridgehead atoms. The van der Waals surface area contributed by atoms with Gasteiger partial charge in [-0.25, -0.2) is 4.99 Å². The number of rotatable bonds is 7. The maximum atomic E-state index is 4.66. The van der Waals surface area contributed by atoms with Crippen LogP contribution in [0.3, 0.4) is 0 Å². The molecule has 0 radical (unpaired) electrons. The molecule has 0 atom stereocenters. The van der Waals surface area contributed by atoms with Crippen LogP contribution in [0.5, 0.6) is 0 Å². The average Bonchev–Trinajstić information content (AvgIpc) is 3.31. The Hall–Kier alpha value is -2.02. The molecule has 3 rings (SSSR count). The molecule has 6 nitrogen and oxygen atoms in total. The standard InChI is InChI=1S/C18H26N6S/c1-4-19-17(20-12-16-23-22-14(2)24(16)3)21-13-18(10-11-18)25-15-8-6-5-7-9-15/h5-9H,4,10-13H2,1-3H3,(H2,19,20,21). The van der Waals surface area contributed by atoms with Crippen LogP contribution in [0.25, 0.3) is 0 Å². The fraction of sp³-hybridized carbons (Fsp3) is 0.500. The van der Waals surface area contributed by atoms with Gasteiger partial charge in [0.05, 0.1) is 0 Å². The number of guanidine groups is 1. The minimum Gasteiger partial charge on any atom is -0.357 e. The topological polar surface area (TPSA) is 67.1 Å². The normalized spacial score (nSPS) is 15.9. The van der Waals surface area contributed by atoms with E-state index in [1.54, 1.807) is 0 Å². The summed E-state index contributed by atoms with van der Waals surface area (Å²) in [5.74, 6) is 2.61. The highest BCUT2D eigenvalue weighted by Crippen LogP contribution is 2.51. The Morgan fingerprint density at radius 1 is 1.24 bits per heavy atom. The molecule has 0 spiro atoms. The maximum absolute atomic E-state index is 4.66. The number of thioether (sulfide) groups is 1. The number of aromatic nitrogens is 3. The van der Waals surface area contributed by atoms with Crippen LogP contribution < -0.4 is 10.6 Å². The van der Waals surface area contributed by atoms with Gasteiger partial charge in [0.15, 0.2) is 11.8 Å². The lowest BCUT2D eigenvalue weighted by atomic mass is 10.4. The zero-order valence-electron chi connectivity index (χ0n) is 15.1. The zero-order chi connectivity index (χ0) is 17.7. The Kier molecular flexibility index (Phi) is 5.63. The summed E-state index contributed by atoms with van der Waals surface area (Å²) >= 11 is 1.97. The summed E-state index contributed by atoms with van der Waals surface area (Å²) < 4.78 is 2.26. The molecule has 134 valence electrons. The van der Waals surface area contributed by atoms with Gasteiger partial charge >= 0.3 is 0 Å². The summed E-state index contributed by atoms with van der Waals surface area (Å²) in [4.78, 5) is 5.99. The van der Waals surface area contributed by atoms with Crippen LogP contribution in [0.4, 0.5) is 0 Å². The fourth-order valence-electron chi connectivity index (χ4n) is 2.52. The van der Waals surface area contributed by atoms with E-state index in [9.17, 15) is 0 Å². The number of aliphatic imine (C=N–C) groups is 1. The smallest absolute Gasteiger partial charge is 0.191 e. The van der Waals surface area contributed by atoms with Gasteiger partial charge in [0.1, 0.15) is 12.4 Å². The van der Waals surface area contributed by atoms with Gasteiger partial charge in [-0.2, -0.15) is 0 Å². The Bertz CT molecular complexity index is 720. The predicted molar refractivity (Wildman–Crippen MR) is 103 cm³/mol. The molecule has 1 fully saturated rings. The third kappa shape index (κ3) is 4.75. The van der Waals surface area contributed by atoms with Crippen molar-refractivity contribution in [1.29, 1.82) is 0 Å². The highest BCUT2D eigenvalue weighted by Gasteiger charge is 2.43. The first-order chi connectivity index (χ1) is 12.1. The molecule has 0 unspecified atom stereocenters. The van der Waals surface area contributed by atoms with E-state index in [0.717, 1.165) is 30.7 Å². The van der Waals surface area contributed by atoms with Crippen LogP contribution >= 0.6 is 11.8 Å². The third-order valence-electron chi connectivity index (χ3n) is 4.37. The summed E-state index contributed by atoms with van der Waals surface area (Å²) in [6.07, 6.45) is 2.48. The number of nitrogens with zero attached hydrogens (tertiary/aromatic N) is 4. The monoisotopic (exact) mass is 358 g/mol. The third-order valence-corrected chi connectivity index (χ3v) is 5.86. The van der Waals surface area contributed by atoms with Crippen molar-refractivity contribution in [2.24, 2.45) is 12.0 Å². The van der Waals surface area contributed by atoms with Crippen molar-refractivity contribution in [2.75, 3.05) is 13.1 Å². The van der Waals surface area contributed by atoms with Crippen LogP contribution in [-0.4, -0.2) is 38.6 Å². The first kappa shape index (κ1) is 17.8. The quantitative estimate of drug-likeness (QED) is 0.588. The van der Waals surface area contributed by atoms with E-state index >= 15 is 0 Å². The lowest BCUT2D eigenvalue weighted by molar-refractivity contribution is 0.743. The second-order valence-corrected chi connectivity index (χ2v) is 7.91.